The fourth-order valence-corrected chi connectivity index (χ4v) is 5.32. The van der Waals surface area contributed by atoms with Crippen molar-refractivity contribution in [2.45, 2.75) is 64.4 Å². The van der Waals surface area contributed by atoms with Crippen LogP contribution < -0.4 is 10.6 Å². The molecule has 0 spiro atoms. The highest BCUT2D eigenvalue weighted by molar-refractivity contribution is 7.91. The summed E-state index contributed by atoms with van der Waals surface area (Å²) in [6, 6.07) is 5.05. The largest absolute Gasteiger partial charge is 0.353 e. The van der Waals surface area contributed by atoms with Crippen molar-refractivity contribution < 1.29 is 8.42 Å². The second-order valence-electron chi connectivity index (χ2n) is 7.52. The number of guanidine groups is 1. The summed E-state index contributed by atoms with van der Waals surface area (Å²) in [6.45, 7) is 10.7. The molecule has 2 rings (SSSR count). The number of aromatic nitrogens is 1. The maximum atomic E-state index is 12.9. The lowest BCUT2D eigenvalue weighted by atomic mass is 10.1. The minimum atomic E-state index is -3.39. The van der Waals surface area contributed by atoms with Gasteiger partial charge in [0.25, 0.3) is 0 Å². The molecular weight excluding hydrogens is 404 g/mol. The molecule has 1 heterocycles. The van der Waals surface area contributed by atoms with Crippen molar-refractivity contribution in [2.75, 3.05) is 12.8 Å². The Labute approximate surface area is 178 Å². The first kappa shape index (κ1) is 23.3. The molecule has 6 nitrogen and oxygen atoms in total. The number of hydrogen-bond donors (Lipinski definition) is 2. The third-order valence-electron chi connectivity index (χ3n) is 4.88. The fourth-order valence-electron chi connectivity index (χ4n) is 2.75. The first-order chi connectivity index (χ1) is 13.7. The highest BCUT2D eigenvalue weighted by Gasteiger charge is 2.21. The van der Waals surface area contributed by atoms with Gasteiger partial charge < -0.3 is 10.6 Å². The monoisotopic (exact) mass is 436 g/mol. The van der Waals surface area contributed by atoms with Gasteiger partial charge in [0.15, 0.2) is 15.8 Å². The molecule has 1 unspecified atom stereocenters. The Bertz CT molecular complexity index is 949. The second-order valence-corrected chi connectivity index (χ2v) is 10.5. The first-order valence-corrected chi connectivity index (χ1v) is 12.4. The molecule has 0 aliphatic heterocycles. The summed E-state index contributed by atoms with van der Waals surface area (Å²) in [5.74, 6) is 0.993. The number of thiazole rings is 1. The van der Waals surface area contributed by atoms with Crippen LogP contribution in [0.25, 0.3) is 0 Å². The van der Waals surface area contributed by atoms with E-state index in [4.69, 9.17) is 0 Å². The molecule has 160 valence electrons. The zero-order valence-electron chi connectivity index (χ0n) is 18.1. The van der Waals surface area contributed by atoms with Gasteiger partial charge in [-0.3, -0.25) is 4.99 Å². The Kier molecular flexibility index (Phi) is 8.22. The molecule has 1 aromatic carbocycles. The number of nitrogens with one attached hydrogen (secondary N) is 2. The average molecular weight is 437 g/mol. The van der Waals surface area contributed by atoms with E-state index in [-0.39, 0.29) is 11.8 Å². The van der Waals surface area contributed by atoms with E-state index in [0.717, 1.165) is 21.8 Å². The third kappa shape index (κ3) is 6.54. The molecule has 2 aromatic rings. The number of sulfone groups is 1. The van der Waals surface area contributed by atoms with Gasteiger partial charge in [0.2, 0.25) is 0 Å². The SMILES string of the molecule is CCC(CS(=O)(=O)c1ccc(C)c(C)c1)NC(=NC)NCc1nc(C(C)C)cs1. The van der Waals surface area contributed by atoms with Crippen molar-refractivity contribution in [3.05, 3.63) is 45.4 Å². The van der Waals surface area contributed by atoms with Crippen LogP contribution in [0.3, 0.4) is 0 Å². The number of aryl methyl sites for hydroxylation is 2. The summed E-state index contributed by atoms with van der Waals surface area (Å²) >= 11 is 1.61. The molecule has 8 heteroatoms. The molecule has 0 saturated carbocycles. The topological polar surface area (TPSA) is 83.5 Å². The standard InChI is InChI=1S/C21H32N4O2S2/c1-7-17(13-29(26,27)18-9-8-15(4)16(5)10-18)24-21(22-6)23-11-20-25-19(12-28-20)14(2)3/h8-10,12,14,17H,7,11,13H2,1-6H3,(H2,22,23,24). The van der Waals surface area contributed by atoms with Crippen molar-refractivity contribution in [1.29, 1.82) is 0 Å². The summed E-state index contributed by atoms with van der Waals surface area (Å²) in [4.78, 5) is 9.21. The summed E-state index contributed by atoms with van der Waals surface area (Å²) in [5, 5.41) is 9.53. The van der Waals surface area contributed by atoms with Gasteiger partial charge in [-0.1, -0.05) is 26.8 Å². The first-order valence-electron chi connectivity index (χ1n) is 9.87. The lowest BCUT2D eigenvalue weighted by Gasteiger charge is -2.20. The third-order valence-corrected chi connectivity index (χ3v) is 7.56. The van der Waals surface area contributed by atoms with E-state index in [1.54, 1.807) is 30.5 Å². The normalized spacial score (nSPS) is 13.6. The number of aliphatic imine (C=N–C) groups is 1. The van der Waals surface area contributed by atoms with Crippen molar-refractivity contribution >= 4 is 27.1 Å². The van der Waals surface area contributed by atoms with E-state index < -0.39 is 9.84 Å². The van der Waals surface area contributed by atoms with Gasteiger partial charge in [-0.25, -0.2) is 13.4 Å². The van der Waals surface area contributed by atoms with Crippen molar-refractivity contribution in [3.63, 3.8) is 0 Å². The maximum Gasteiger partial charge on any atom is 0.191 e. The van der Waals surface area contributed by atoms with Crippen LogP contribution in [0.2, 0.25) is 0 Å². The second kappa shape index (κ2) is 10.2. The molecule has 2 N–H and O–H groups in total. The van der Waals surface area contributed by atoms with Crippen LogP contribution in [0.4, 0.5) is 0 Å². The van der Waals surface area contributed by atoms with E-state index in [9.17, 15) is 8.42 Å². The van der Waals surface area contributed by atoms with Crippen LogP contribution in [-0.2, 0) is 16.4 Å². The fraction of sp³-hybridized carbons (Fsp3) is 0.524. The van der Waals surface area contributed by atoms with E-state index in [2.05, 4.69) is 39.8 Å². The van der Waals surface area contributed by atoms with Gasteiger partial charge in [-0.15, -0.1) is 11.3 Å². The molecule has 0 fully saturated rings. The zero-order chi connectivity index (χ0) is 21.6. The number of benzene rings is 1. The van der Waals surface area contributed by atoms with E-state index in [1.165, 1.54) is 0 Å². The molecule has 0 radical (unpaired) electrons. The molecule has 29 heavy (non-hydrogen) atoms. The Balaban J connectivity index is 2.01. The molecule has 0 saturated heterocycles. The van der Waals surface area contributed by atoms with Crippen molar-refractivity contribution in [3.8, 4) is 0 Å². The molecule has 0 aliphatic rings. The molecule has 0 aliphatic carbocycles. The molecule has 1 atom stereocenters. The lowest BCUT2D eigenvalue weighted by Crippen LogP contribution is -2.45. The van der Waals surface area contributed by atoms with Gasteiger partial charge >= 0.3 is 0 Å². The minimum Gasteiger partial charge on any atom is -0.353 e. The Morgan fingerprint density at radius 3 is 2.52 bits per heavy atom. The van der Waals surface area contributed by atoms with Crippen molar-refractivity contribution in [2.24, 2.45) is 4.99 Å². The van der Waals surface area contributed by atoms with E-state index in [1.807, 2.05) is 26.8 Å². The Morgan fingerprint density at radius 2 is 1.97 bits per heavy atom. The Morgan fingerprint density at radius 1 is 1.24 bits per heavy atom. The minimum absolute atomic E-state index is 0.0153. The van der Waals surface area contributed by atoms with Crippen molar-refractivity contribution in [1.82, 2.24) is 15.6 Å². The highest BCUT2D eigenvalue weighted by atomic mass is 32.2. The number of hydrogen-bond acceptors (Lipinski definition) is 5. The zero-order valence-corrected chi connectivity index (χ0v) is 19.7. The smallest absolute Gasteiger partial charge is 0.191 e. The highest BCUT2D eigenvalue weighted by Crippen LogP contribution is 2.18. The van der Waals surface area contributed by atoms with Crippen LogP contribution in [0.15, 0.2) is 33.5 Å². The predicted molar refractivity (Wildman–Crippen MR) is 122 cm³/mol. The van der Waals surface area contributed by atoms with E-state index >= 15 is 0 Å². The predicted octanol–water partition coefficient (Wildman–Crippen LogP) is 3.80. The molecular formula is C21H32N4O2S2. The quantitative estimate of drug-likeness (QED) is 0.486. The molecule has 0 bridgehead atoms. The lowest BCUT2D eigenvalue weighted by molar-refractivity contribution is 0.568. The number of rotatable bonds is 8. The van der Waals surface area contributed by atoms with Gasteiger partial charge in [-0.05, 0) is 49.4 Å². The molecule has 1 aromatic heterocycles. The number of nitrogens with zero attached hydrogens (tertiary/aromatic N) is 2. The van der Waals surface area contributed by atoms with Crippen LogP contribution in [-0.4, -0.2) is 38.2 Å². The summed E-state index contributed by atoms with van der Waals surface area (Å²) < 4.78 is 25.7. The summed E-state index contributed by atoms with van der Waals surface area (Å²) in [7, 11) is -1.71. The van der Waals surface area contributed by atoms with Crippen LogP contribution in [0.5, 0.6) is 0 Å². The van der Waals surface area contributed by atoms with Crippen LogP contribution in [0, 0.1) is 13.8 Å². The van der Waals surface area contributed by atoms with Gasteiger partial charge in [0.05, 0.1) is 22.9 Å². The van der Waals surface area contributed by atoms with Crippen LogP contribution >= 0.6 is 11.3 Å². The van der Waals surface area contributed by atoms with Crippen LogP contribution in [0.1, 0.15) is 54.9 Å². The van der Waals surface area contributed by atoms with Gasteiger partial charge in [0.1, 0.15) is 5.01 Å². The van der Waals surface area contributed by atoms with E-state index in [0.29, 0.717) is 29.7 Å². The van der Waals surface area contributed by atoms with Gasteiger partial charge in [-0.2, -0.15) is 0 Å². The molecule has 0 amide bonds. The average Bonchev–Trinajstić information content (AvgIpc) is 3.15. The summed E-state index contributed by atoms with van der Waals surface area (Å²) in [5.41, 5.74) is 3.15. The Hall–Kier alpha value is -1.93. The maximum absolute atomic E-state index is 12.9. The van der Waals surface area contributed by atoms with Gasteiger partial charge in [0, 0.05) is 18.5 Å². The summed E-state index contributed by atoms with van der Waals surface area (Å²) in [6.07, 6.45) is 0.666.